The molecule has 0 aliphatic carbocycles. The van der Waals surface area contributed by atoms with E-state index in [1.165, 1.54) is 23.7 Å². The van der Waals surface area contributed by atoms with Gasteiger partial charge in [0.1, 0.15) is 23.4 Å². The minimum absolute atomic E-state index is 0.0303. The van der Waals surface area contributed by atoms with Crippen molar-refractivity contribution in [2.75, 3.05) is 31.2 Å². The maximum absolute atomic E-state index is 15.4. The van der Waals surface area contributed by atoms with Gasteiger partial charge >= 0.3 is 0 Å². The number of ether oxygens (including phenoxy) is 1. The number of alkyl halides is 1. The third-order valence-electron chi connectivity index (χ3n) is 6.09. The van der Waals surface area contributed by atoms with E-state index in [0.717, 1.165) is 25.1 Å². The molecule has 0 radical (unpaired) electrons. The number of anilines is 1. The summed E-state index contributed by atoms with van der Waals surface area (Å²) in [6.07, 6.45) is 2.18. The number of aliphatic hydroxyl groups excluding tert-OH is 1. The highest BCUT2D eigenvalue weighted by Gasteiger charge is 2.24. The van der Waals surface area contributed by atoms with Gasteiger partial charge < -0.3 is 19.5 Å². The van der Waals surface area contributed by atoms with Crippen LogP contribution in [0.4, 0.5) is 10.1 Å². The van der Waals surface area contributed by atoms with Gasteiger partial charge in [0.15, 0.2) is 0 Å². The van der Waals surface area contributed by atoms with E-state index < -0.39 is 11.7 Å². The topological polar surface area (TPSA) is 88.4 Å². The molecule has 0 bridgehead atoms. The first kappa shape index (κ1) is 23.7. The summed E-state index contributed by atoms with van der Waals surface area (Å²) in [5, 5.41) is 12.3. The number of aliphatic hydroxyl groups is 1. The molecule has 1 fully saturated rings. The van der Waals surface area contributed by atoms with Crippen molar-refractivity contribution in [1.82, 2.24) is 15.0 Å². The highest BCUT2D eigenvalue weighted by atomic mass is 35.5. The lowest BCUT2D eigenvalue weighted by molar-refractivity contribution is -0.108. The molecular weight excluding hydrogens is 491 g/mol. The summed E-state index contributed by atoms with van der Waals surface area (Å²) in [4.78, 5) is 27.5. The maximum atomic E-state index is 15.4. The maximum Gasteiger partial charge on any atom is 0.134 e. The van der Waals surface area contributed by atoms with E-state index in [2.05, 4.69) is 19.9 Å². The zero-order valence-electron chi connectivity index (χ0n) is 18.7. The van der Waals surface area contributed by atoms with Gasteiger partial charge in [0.25, 0.3) is 0 Å². The predicted octanol–water partition coefficient (Wildman–Crippen LogP) is 4.29. The van der Waals surface area contributed by atoms with Crippen molar-refractivity contribution in [2.24, 2.45) is 0 Å². The van der Waals surface area contributed by atoms with Gasteiger partial charge in [-0.15, -0.1) is 22.9 Å². The summed E-state index contributed by atoms with van der Waals surface area (Å²) in [5.74, 6) is -1.20. The van der Waals surface area contributed by atoms with E-state index in [-0.39, 0.29) is 18.1 Å². The Morgan fingerprint density at radius 1 is 1.23 bits per heavy atom. The molecular formula is C25H22ClFN4O3S. The Balaban J connectivity index is 1.61. The van der Waals surface area contributed by atoms with E-state index in [4.69, 9.17) is 16.3 Å². The normalized spacial score (nSPS) is 14.9. The van der Waals surface area contributed by atoms with Crippen molar-refractivity contribution in [3.05, 3.63) is 69.7 Å². The Kier molecular flexibility index (Phi) is 7.01. The van der Waals surface area contributed by atoms with Crippen LogP contribution >= 0.6 is 22.9 Å². The molecule has 5 rings (SSSR count). The molecule has 0 spiro atoms. The van der Waals surface area contributed by atoms with Crippen LogP contribution in [-0.4, -0.2) is 52.6 Å². The van der Waals surface area contributed by atoms with Crippen molar-refractivity contribution in [3.63, 3.8) is 0 Å². The van der Waals surface area contributed by atoms with E-state index >= 15 is 4.39 Å². The number of morpholine rings is 1. The fraction of sp³-hybridized carbons (Fsp3) is 0.280. The number of aldehydes is 1. The van der Waals surface area contributed by atoms with Crippen LogP contribution in [0.2, 0.25) is 0 Å². The van der Waals surface area contributed by atoms with Crippen LogP contribution in [0.25, 0.3) is 22.2 Å². The number of nitrogens with zero attached hydrogens (tertiary/aromatic N) is 4. The first-order chi connectivity index (χ1) is 17.1. The van der Waals surface area contributed by atoms with Crippen LogP contribution in [0.15, 0.2) is 42.0 Å². The molecule has 3 heterocycles. The molecule has 1 aliphatic heterocycles. The van der Waals surface area contributed by atoms with Crippen LogP contribution in [0.3, 0.4) is 0 Å². The molecule has 2 aromatic carbocycles. The summed E-state index contributed by atoms with van der Waals surface area (Å²) in [6.45, 7) is 2.71. The Labute approximate surface area is 210 Å². The largest absolute Gasteiger partial charge is 0.390 e. The van der Waals surface area contributed by atoms with Crippen molar-refractivity contribution < 1.29 is 19.0 Å². The van der Waals surface area contributed by atoms with Gasteiger partial charge in [0.05, 0.1) is 42.6 Å². The van der Waals surface area contributed by atoms with Gasteiger partial charge in [-0.1, -0.05) is 0 Å². The van der Waals surface area contributed by atoms with Crippen molar-refractivity contribution in [3.8, 4) is 11.3 Å². The zero-order valence-corrected chi connectivity index (χ0v) is 20.2. The van der Waals surface area contributed by atoms with Crippen molar-refractivity contribution in [1.29, 1.82) is 0 Å². The Morgan fingerprint density at radius 3 is 2.77 bits per heavy atom. The molecule has 7 nitrogen and oxygen atoms in total. The number of benzene rings is 2. The molecule has 35 heavy (non-hydrogen) atoms. The Morgan fingerprint density at radius 2 is 2.06 bits per heavy atom. The van der Waals surface area contributed by atoms with Crippen LogP contribution in [0.1, 0.15) is 27.7 Å². The summed E-state index contributed by atoms with van der Waals surface area (Å²) in [7, 11) is 0. The molecule has 2 aromatic heterocycles. The number of hydrogen-bond donors (Lipinski definition) is 1. The van der Waals surface area contributed by atoms with E-state index in [1.54, 1.807) is 11.4 Å². The number of carbonyl (C=O) groups is 1. The Bertz CT molecular complexity index is 1380. The average Bonchev–Trinajstić information content (AvgIpc) is 3.38. The molecule has 1 N–H and O–H groups in total. The molecule has 1 atom stereocenters. The van der Waals surface area contributed by atoms with Crippen LogP contribution in [0.5, 0.6) is 0 Å². The average molecular weight is 513 g/mol. The second-order valence-corrected chi connectivity index (χ2v) is 9.29. The Hall–Kier alpha value is -2.98. The second-order valence-electron chi connectivity index (χ2n) is 8.14. The fourth-order valence-electron chi connectivity index (χ4n) is 4.30. The standard InChI is InChI=1S/C25H22ClFN4O3S/c26-10-15-7-22(27)20(9-19(15)21(12-33)25-30-16(11-32)13-35-25)24-18-2-1-17(8-23(18)28-14-29-24)31-3-5-34-6-4-31/h1-2,7-9,12-14,21,32H,3-6,10-11H2. The first-order valence-corrected chi connectivity index (χ1v) is 12.5. The molecule has 4 aromatic rings. The SMILES string of the molecule is O=CC(c1nc(CO)cs1)c1cc(-c2ncnc3cc(N4CCOCC4)ccc23)c(F)cc1CCl. The first-order valence-electron chi connectivity index (χ1n) is 11.1. The fourth-order valence-corrected chi connectivity index (χ4v) is 5.41. The van der Waals surface area contributed by atoms with E-state index in [9.17, 15) is 9.90 Å². The van der Waals surface area contributed by atoms with Crippen molar-refractivity contribution >= 4 is 45.8 Å². The lowest BCUT2D eigenvalue weighted by Crippen LogP contribution is -2.36. The van der Waals surface area contributed by atoms with Crippen LogP contribution in [0, 0.1) is 5.82 Å². The van der Waals surface area contributed by atoms with Gasteiger partial charge in [-0.2, -0.15) is 0 Å². The molecule has 0 saturated carbocycles. The van der Waals surface area contributed by atoms with Gasteiger partial charge in [-0.3, -0.25) is 0 Å². The quantitative estimate of drug-likeness (QED) is 0.292. The van der Waals surface area contributed by atoms with Gasteiger partial charge in [0, 0.05) is 41.0 Å². The third kappa shape index (κ3) is 4.64. The molecule has 1 saturated heterocycles. The van der Waals surface area contributed by atoms with Gasteiger partial charge in [0.2, 0.25) is 0 Å². The number of aromatic nitrogens is 3. The molecule has 0 amide bonds. The number of hydrogen-bond acceptors (Lipinski definition) is 8. The lowest BCUT2D eigenvalue weighted by atomic mass is 9.92. The number of fused-ring (bicyclic) bond motifs is 1. The summed E-state index contributed by atoms with van der Waals surface area (Å²) in [5.41, 5.74) is 3.94. The lowest BCUT2D eigenvalue weighted by Gasteiger charge is -2.29. The number of thiazole rings is 1. The molecule has 10 heteroatoms. The van der Waals surface area contributed by atoms with Gasteiger partial charge in [-0.05, 0) is 41.5 Å². The molecule has 1 aliphatic rings. The van der Waals surface area contributed by atoms with E-state index in [1.807, 2.05) is 18.2 Å². The number of carbonyl (C=O) groups excluding carboxylic acids is 1. The highest BCUT2D eigenvalue weighted by molar-refractivity contribution is 7.09. The van der Waals surface area contributed by atoms with Gasteiger partial charge in [-0.25, -0.2) is 19.3 Å². The third-order valence-corrected chi connectivity index (χ3v) is 7.36. The highest BCUT2D eigenvalue weighted by Crippen LogP contribution is 2.36. The molecule has 1 unspecified atom stereocenters. The minimum atomic E-state index is -0.741. The number of rotatable bonds is 7. The predicted molar refractivity (Wildman–Crippen MR) is 133 cm³/mol. The monoisotopic (exact) mass is 512 g/mol. The smallest absolute Gasteiger partial charge is 0.134 e. The summed E-state index contributed by atoms with van der Waals surface area (Å²) >= 11 is 7.40. The summed E-state index contributed by atoms with van der Waals surface area (Å²) < 4.78 is 20.8. The number of halogens is 2. The van der Waals surface area contributed by atoms with Crippen LogP contribution in [-0.2, 0) is 22.0 Å². The molecule has 180 valence electrons. The van der Waals surface area contributed by atoms with Crippen molar-refractivity contribution in [2.45, 2.75) is 18.4 Å². The zero-order chi connectivity index (χ0) is 24.4. The summed E-state index contributed by atoms with van der Waals surface area (Å²) in [6, 6.07) is 8.83. The minimum Gasteiger partial charge on any atom is -0.390 e. The van der Waals surface area contributed by atoms with Crippen LogP contribution < -0.4 is 4.90 Å². The second kappa shape index (κ2) is 10.3. The van der Waals surface area contributed by atoms with E-state index in [0.29, 0.717) is 51.6 Å².